The Kier molecular flexibility index (Phi) is 7.10. The first-order valence-electron chi connectivity index (χ1n) is 10.6. The second-order valence-corrected chi connectivity index (χ2v) is 8.63. The number of nitrogens with one attached hydrogen (secondary N) is 2. The van der Waals surface area contributed by atoms with Crippen molar-refractivity contribution in [3.63, 3.8) is 0 Å². The van der Waals surface area contributed by atoms with Crippen molar-refractivity contribution in [1.82, 2.24) is 0 Å². The van der Waals surface area contributed by atoms with Gasteiger partial charge < -0.3 is 15.4 Å². The number of carbonyl (C=O) groups excluding carboxylic acids is 3. The molecule has 4 rings (SSSR count). The minimum absolute atomic E-state index is 0.0307. The van der Waals surface area contributed by atoms with E-state index >= 15 is 0 Å². The summed E-state index contributed by atoms with van der Waals surface area (Å²) in [5.41, 5.74) is 3.07. The largest absolute Gasteiger partial charge is 0.497 e. The topological polar surface area (TPSA) is 87.7 Å². The van der Waals surface area contributed by atoms with Crippen LogP contribution in [-0.2, 0) is 20.8 Å². The molecule has 9 heteroatoms. The molecule has 3 aromatic carbocycles. The van der Waals surface area contributed by atoms with Gasteiger partial charge in [-0.15, -0.1) is 0 Å². The second-order valence-electron chi connectivity index (χ2n) is 7.85. The number of nitrogens with zero attached hydrogens (tertiary/aromatic N) is 1. The number of ether oxygens (including phenoxy) is 1. The molecule has 3 aromatic rings. The molecule has 1 aliphatic heterocycles. The number of rotatable bonds is 7. The second kappa shape index (κ2) is 10.2. The molecular formula is C26H21Cl2N3O4. The highest BCUT2D eigenvalue weighted by Gasteiger charge is 2.39. The van der Waals surface area contributed by atoms with Crippen molar-refractivity contribution >= 4 is 58.0 Å². The van der Waals surface area contributed by atoms with Crippen molar-refractivity contribution in [3.8, 4) is 5.75 Å². The Labute approximate surface area is 212 Å². The molecule has 1 aliphatic rings. The Morgan fingerprint density at radius 3 is 2.37 bits per heavy atom. The van der Waals surface area contributed by atoms with Gasteiger partial charge in [0.1, 0.15) is 16.5 Å². The maximum Gasteiger partial charge on any atom is 0.283 e. The van der Waals surface area contributed by atoms with Crippen LogP contribution in [0.25, 0.3) is 0 Å². The van der Waals surface area contributed by atoms with Gasteiger partial charge in [0.15, 0.2) is 0 Å². The van der Waals surface area contributed by atoms with E-state index in [2.05, 4.69) is 10.6 Å². The number of halogens is 2. The van der Waals surface area contributed by atoms with Gasteiger partial charge in [-0.2, -0.15) is 0 Å². The molecule has 0 atom stereocenters. The van der Waals surface area contributed by atoms with Gasteiger partial charge in [-0.05, 0) is 54.4 Å². The summed E-state index contributed by atoms with van der Waals surface area (Å²) in [6.45, 7) is 1.82. The van der Waals surface area contributed by atoms with Gasteiger partial charge in [-0.3, -0.25) is 14.4 Å². The number of amides is 3. The van der Waals surface area contributed by atoms with Crippen LogP contribution in [0.1, 0.15) is 11.1 Å². The van der Waals surface area contributed by atoms with E-state index in [0.29, 0.717) is 27.8 Å². The average molecular weight is 510 g/mol. The molecule has 2 N–H and O–H groups in total. The lowest BCUT2D eigenvalue weighted by atomic mass is 10.1. The third kappa shape index (κ3) is 5.31. The Bertz CT molecular complexity index is 1350. The zero-order valence-corrected chi connectivity index (χ0v) is 20.4. The molecule has 0 aliphatic carbocycles. The van der Waals surface area contributed by atoms with Crippen LogP contribution in [-0.4, -0.2) is 24.8 Å². The highest BCUT2D eigenvalue weighted by Crippen LogP contribution is 2.32. The van der Waals surface area contributed by atoms with Crippen molar-refractivity contribution in [2.24, 2.45) is 0 Å². The van der Waals surface area contributed by atoms with E-state index in [9.17, 15) is 14.4 Å². The fraction of sp³-hybridized carbons (Fsp3) is 0.115. The fourth-order valence-corrected chi connectivity index (χ4v) is 3.90. The minimum atomic E-state index is -0.634. The van der Waals surface area contributed by atoms with Crippen molar-refractivity contribution in [1.29, 1.82) is 0 Å². The zero-order valence-electron chi connectivity index (χ0n) is 18.9. The Morgan fingerprint density at radius 2 is 1.69 bits per heavy atom. The van der Waals surface area contributed by atoms with Crippen LogP contribution in [0, 0.1) is 6.92 Å². The summed E-state index contributed by atoms with van der Waals surface area (Å²) in [5, 5.41) is 5.97. The summed E-state index contributed by atoms with van der Waals surface area (Å²) in [4.78, 5) is 39.0. The van der Waals surface area contributed by atoms with Crippen LogP contribution in [0.4, 0.5) is 17.1 Å². The Hall–Kier alpha value is -3.81. The molecule has 0 spiro atoms. The molecule has 178 valence electrons. The molecule has 7 nitrogen and oxygen atoms in total. The lowest BCUT2D eigenvalue weighted by Crippen LogP contribution is -2.32. The van der Waals surface area contributed by atoms with E-state index in [-0.39, 0.29) is 23.1 Å². The van der Waals surface area contributed by atoms with Gasteiger partial charge in [0, 0.05) is 22.5 Å². The van der Waals surface area contributed by atoms with Gasteiger partial charge in [0.2, 0.25) is 5.91 Å². The SMILES string of the molecule is COc1cccc(NC(=O)Cc2ccc(NC3=C(Cl)C(=O)N(c4ccc(C)c(Cl)c4)C3=O)cc2)c1. The van der Waals surface area contributed by atoms with Crippen LogP contribution in [0.5, 0.6) is 5.75 Å². The summed E-state index contributed by atoms with van der Waals surface area (Å²) >= 11 is 12.4. The predicted molar refractivity (Wildman–Crippen MR) is 137 cm³/mol. The van der Waals surface area contributed by atoms with Crippen molar-refractivity contribution in [3.05, 3.63) is 93.6 Å². The van der Waals surface area contributed by atoms with Crippen molar-refractivity contribution in [2.75, 3.05) is 22.6 Å². The number of aryl methyl sites for hydroxylation is 1. The molecule has 0 aromatic heterocycles. The summed E-state index contributed by atoms with van der Waals surface area (Å²) in [5.74, 6) is -0.754. The van der Waals surface area contributed by atoms with Crippen LogP contribution in [0.15, 0.2) is 77.5 Å². The lowest BCUT2D eigenvalue weighted by molar-refractivity contribution is -0.120. The smallest absolute Gasteiger partial charge is 0.283 e. The van der Waals surface area contributed by atoms with Crippen LogP contribution < -0.4 is 20.3 Å². The monoisotopic (exact) mass is 509 g/mol. The number of carbonyl (C=O) groups is 3. The standard InChI is InChI=1S/C26H21Cl2N3O4/c1-15-6-11-19(14-21(15)27)31-25(33)23(28)24(26(31)34)30-17-9-7-16(8-10-17)12-22(32)29-18-4-3-5-20(13-18)35-2/h3-11,13-14,30H,12H2,1-2H3,(H,29,32). The van der Waals surface area contributed by atoms with E-state index in [4.69, 9.17) is 27.9 Å². The van der Waals surface area contributed by atoms with Crippen LogP contribution in [0.3, 0.4) is 0 Å². The Morgan fingerprint density at radius 1 is 0.943 bits per heavy atom. The maximum atomic E-state index is 13.0. The summed E-state index contributed by atoms with van der Waals surface area (Å²) in [6.07, 6.45) is 0.153. The van der Waals surface area contributed by atoms with Crippen LogP contribution in [0.2, 0.25) is 5.02 Å². The lowest BCUT2D eigenvalue weighted by Gasteiger charge is -2.16. The zero-order chi connectivity index (χ0) is 25.1. The molecule has 35 heavy (non-hydrogen) atoms. The molecule has 1 heterocycles. The number of benzene rings is 3. The molecule has 0 radical (unpaired) electrons. The normalized spacial score (nSPS) is 13.3. The fourth-order valence-electron chi connectivity index (χ4n) is 3.51. The van der Waals surface area contributed by atoms with Crippen LogP contribution >= 0.6 is 23.2 Å². The third-order valence-corrected chi connectivity index (χ3v) is 6.14. The van der Waals surface area contributed by atoms with Gasteiger partial charge in [0.05, 0.1) is 19.2 Å². The van der Waals surface area contributed by atoms with E-state index < -0.39 is 11.8 Å². The number of imide groups is 1. The number of methoxy groups -OCH3 is 1. The van der Waals surface area contributed by atoms with E-state index in [1.165, 1.54) is 0 Å². The third-order valence-electron chi connectivity index (χ3n) is 5.38. The molecule has 3 amide bonds. The number of anilines is 3. The van der Waals surface area contributed by atoms with E-state index in [0.717, 1.165) is 16.0 Å². The predicted octanol–water partition coefficient (Wildman–Crippen LogP) is 5.27. The number of hydrogen-bond acceptors (Lipinski definition) is 5. The van der Waals surface area contributed by atoms with Gasteiger partial charge in [0.25, 0.3) is 11.8 Å². The van der Waals surface area contributed by atoms with Gasteiger partial charge >= 0.3 is 0 Å². The maximum absolute atomic E-state index is 13.0. The summed E-state index contributed by atoms with van der Waals surface area (Å²) in [6, 6.07) is 18.9. The van der Waals surface area contributed by atoms with Gasteiger partial charge in [-0.25, -0.2) is 4.90 Å². The number of hydrogen-bond donors (Lipinski definition) is 2. The minimum Gasteiger partial charge on any atom is -0.497 e. The van der Waals surface area contributed by atoms with Gasteiger partial charge in [-0.1, -0.05) is 47.5 Å². The van der Waals surface area contributed by atoms with E-state index in [1.807, 2.05) is 6.92 Å². The molecule has 0 saturated heterocycles. The molecular weight excluding hydrogens is 489 g/mol. The molecule has 0 fully saturated rings. The van der Waals surface area contributed by atoms with Crippen molar-refractivity contribution in [2.45, 2.75) is 13.3 Å². The first-order chi connectivity index (χ1) is 16.8. The summed E-state index contributed by atoms with van der Waals surface area (Å²) < 4.78 is 5.16. The van der Waals surface area contributed by atoms with Crippen molar-refractivity contribution < 1.29 is 19.1 Å². The first kappa shape index (κ1) is 24.3. The highest BCUT2D eigenvalue weighted by molar-refractivity contribution is 6.53. The highest BCUT2D eigenvalue weighted by atomic mass is 35.5. The quantitative estimate of drug-likeness (QED) is 0.423. The first-order valence-corrected chi connectivity index (χ1v) is 11.4. The molecule has 0 unspecified atom stereocenters. The molecule has 0 bridgehead atoms. The average Bonchev–Trinajstić information content (AvgIpc) is 3.05. The Balaban J connectivity index is 1.42. The molecule has 0 saturated carbocycles. The summed E-state index contributed by atoms with van der Waals surface area (Å²) in [7, 11) is 1.56. The van der Waals surface area contributed by atoms with E-state index in [1.54, 1.807) is 73.8 Å².